The summed E-state index contributed by atoms with van der Waals surface area (Å²) in [5.74, 6) is 0.963. The minimum absolute atomic E-state index is 0.256. The second-order valence-corrected chi connectivity index (χ2v) is 4.53. The lowest BCUT2D eigenvalue weighted by Crippen LogP contribution is -1.90. The van der Waals surface area contributed by atoms with Gasteiger partial charge in [0.25, 0.3) is 0 Å². The summed E-state index contributed by atoms with van der Waals surface area (Å²) in [7, 11) is 0. The Morgan fingerprint density at radius 2 is 2.14 bits per heavy atom. The second-order valence-electron chi connectivity index (χ2n) is 2.96. The van der Waals surface area contributed by atoms with E-state index in [1.54, 1.807) is 17.8 Å². The zero-order valence-electron chi connectivity index (χ0n) is 7.87. The lowest BCUT2D eigenvalue weighted by Gasteiger charge is -2.05. The van der Waals surface area contributed by atoms with Crippen molar-refractivity contribution in [1.82, 2.24) is 0 Å². The first-order valence-electron chi connectivity index (χ1n) is 4.52. The molecule has 0 amide bonds. The van der Waals surface area contributed by atoms with Crippen LogP contribution in [-0.4, -0.2) is 17.5 Å². The molecule has 0 saturated carbocycles. The maximum atomic E-state index is 8.61. The Balaban J connectivity index is 2.45. The van der Waals surface area contributed by atoms with Crippen molar-refractivity contribution in [3.8, 4) is 0 Å². The highest BCUT2D eigenvalue weighted by molar-refractivity contribution is 7.99. The average Bonchev–Trinajstić information content (AvgIpc) is 2.18. The van der Waals surface area contributed by atoms with E-state index in [4.69, 9.17) is 22.4 Å². The number of unbranched alkanes of at least 4 members (excludes halogenated alkanes) is 1. The smallest absolute Gasteiger partial charge is 0.0453 e. The Kier molecular flexibility index (Phi) is 5.15. The van der Waals surface area contributed by atoms with Crippen LogP contribution in [0.5, 0.6) is 0 Å². The summed E-state index contributed by atoms with van der Waals surface area (Å²) in [4.78, 5) is 1.02. The number of aliphatic hydroxyl groups is 1. The molecule has 0 spiro atoms. The lowest BCUT2D eigenvalue weighted by atomic mass is 10.3. The summed E-state index contributed by atoms with van der Waals surface area (Å²) < 4.78 is 0. The molecule has 0 unspecified atom stereocenters. The van der Waals surface area contributed by atoms with Crippen LogP contribution in [0.4, 0.5) is 5.69 Å². The molecule has 0 atom stereocenters. The summed E-state index contributed by atoms with van der Waals surface area (Å²) >= 11 is 7.53. The number of anilines is 1. The van der Waals surface area contributed by atoms with Crippen molar-refractivity contribution in [2.45, 2.75) is 17.7 Å². The minimum atomic E-state index is 0.256. The Hall–Kier alpha value is -0.380. The van der Waals surface area contributed by atoms with Gasteiger partial charge in [-0.15, -0.1) is 11.8 Å². The fourth-order valence-electron chi connectivity index (χ4n) is 1.03. The summed E-state index contributed by atoms with van der Waals surface area (Å²) in [5.41, 5.74) is 6.54. The number of benzene rings is 1. The van der Waals surface area contributed by atoms with Gasteiger partial charge >= 0.3 is 0 Å². The molecule has 1 aromatic carbocycles. The fraction of sp³-hybridized carbons (Fsp3) is 0.400. The highest BCUT2D eigenvalue weighted by Gasteiger charge is 2.00. The largest absolute Gasteiger partial charge is 0.398 e. The first kappa shape index (κ1) is 11.7. The quantitative estimate of drug-likeness (QED) is 0.465. The third kappa shape index (κ3) is 3.78. The van der Waals surface area contributed by atoms with Gasteiger partial charge in [-0.25, -0.2) is 0 Å². The number of aliphatic hydroxyl groups excluding tert-OH is 1. The van der Waals surface area contributed by atoms with E-state index >= 15 is 0 Å². The molecule has 0 saturated heterocycles. The van der Waals surface area contributed by atoms with E-state index in [-0.39, 0.29) is 6.61 Å². The Bertz CT molecular complexity index is 293. The van der Waals surface area contributed by atoms with E-state index in [1.807, 2.05) is 12.1 Å². The molecule has 14 heavy (non-hydrogen) atoms. The van der Waals surface area contributed by atoms with E-state index in [2.05, 4.69) is 0 Å². The Labute approximate surface area is 93.5 Å². The average molecular weight is 232 g/mol. The summed E-state index contributed by atoms with van der Waals surface area (Å²) in [6, 6.07) is 5.48. The van der Waals surface area contributed by atoms with Gasteiger partial charge in [-0.05, 0) is 36.8 Å². The van der Waals surface area contributed by atoms with Gasteiger partial charge in [0, 0.05) is 22.2 Å². The molecule has 0 fully saturated rings. The third-order valence-electron chi connectivity index (χ3n) is 1.79. The molecule has 0 bridgehead atoms. The van der Waals surface area contributed by atoms with Crippen molar-refractivity contribution < 1.29 is 5.11 Å². The van der Waals surface area contributed by atoms with Gasteiger partial charge in [-0.2, -0.15) is 0 Å². The number of thioether (sulfide) groups is 1. The van der Waals surface area contributed by atoms with Crippen molar-refractivity contribution in [3.05, 3.63) is 23.2 Å². The fourth-order valence-corrected chi connectivity index (χ4v) is 2.28. The maximum absolute atomic E-state index is 8.61. The molecule has 1 aromatic rings. The SMILES string of the molecule is Nc1ccc(Cl)cc1SCCCCO. The van der Waals surface area contributed by atoms with Gasteiger partial charge < -0.3 is 10.8 Å². The summed E-state index contributed by atoms with van der Waals surface area (Å²) in [6.07, 6.45) is 1.83. The molecule has 0 aromatic heterocycles. The number of rotatable bonds is 5. The molecule has 1 rings (SSSR count). The topological polar surface area (TPSA) is 46.2 Å². The van der Waals surface area contributed by atoms with Crippen LogP contribution in [0.1, 0.15) is 12.8 Å². The zero-order valence-corrected chi connectivity index (χ0v) is 9.44. The predicted octanol–water partition coefficient (Wildman–Crippen LogP) is 2.79. The highest BCUT2D eigenvalue weighted by Crippen LogP contribution is 2.28. The molecule has 2 nitrogen and oxygen atoms in total. The van der Waals surface area contributed by atoms with Crippen molar-refractivity contribution in [3.63, 3.8) is 0 Å². The zero-order chi connectivity index (χ0) is 10.4. The number of nitrogen functional groups attached to an aromatic ring is 1. The molecule has 0 heterocycles. The normalized spacial score (nSPS) is 10.4. The maximum Gasteiger partial charge on any atom is 0.0453 e. The van der Waals surface area contributed by atoms with E-state index in [9.17, 15) is 0 Å². The number of nitrogens with two attached hydrogens (primary N) is 1. The van der Waals surface area contributed by atoms with Gasteiger partial charge in [-0.1, -0.05) is 11.6 Å². The van der Waals surface area contributed by atoms with Crippen molar-refractivity contribution in [1.29, 1.82) is 0 Å². The van der Waals surface area contributed by atoms with E-state index in [1.165, 1.54) is 0 Å². The molecule has 0 aliphatic heterocycles. The molecule has 0 radical (unpaired) electrons. The Morgan fingerprint density at radius 1 is 1.36 bits per heavy atom. The monoisotopic (exact) mass is 231 g/mol. The lowest BCUT2D eigenvalue weighted by molar-refractivity contribution is 0.287. The molecule has 0 aliphatic rings. The van der Waals surface area contributed by atoms with Crippen LogP contribution in [0.3, 0.4) is 0 Å². The van der Waals surface area contributed by atoms with Crippen LogP contribution in [0.2, 0.25) is 5.02 Å². The van der Waals surface area contributed by atoms with Crippen LogP contribution in [0.25, 0.3) is 0 Å². The number of hydrogen-bond acceptors (Lipinski definition) is 3. The Morgan fingerprint density at radius 3 is 2.86 bits per heavy atom. The third-order valence-corrected chi connectivity index (χ3v) is 3.18. The summed E-state index contributed by atoms with van der Waals surface area (Å²) in [5, 5.41) is 9.32. The molecular formula is C10H14ClNOS. The summed E-state index contributed by atoms with van der Waals surface area (Å²) in [6.45, 7) is 0.256. The molecule has 4 heteroatoms. The first-order valence-corrected chi connectivity index (χ1v) is 5.89. The first-order chi connectivity index (χ1) is 6.74. The number of hydrogen-bond donors (Lipinski definition) is 2. The standard InChI is InChI=1S/C10H14ClNOS/c11-8-3-4-9(12)10(7-8)14-6-2-1-5-13/h3-4,7,13H,1-2,5-6,12H2. The van der Waals surface area contributed by atoms with Gasteiger partial charge in [-0.3, -0.25) is 0 Å². The second kappa shape index (κ2) is 6.17. The van der Waals surface area contributed by atoms with Crippen LogP contribution in [-0.2, 0) is 0 Å². The van der Waals surface area contributed by atoms with Gasteiger partial charge in [0.05, 0.1) is 0 Å². The predicted molar refractivity (Wildman–Crippen MR) is 62.9 cm³/mol. The van der Waals surface area contributed by atoms with Crippen LogP contribution in [0.15, 0.2) is 23.1 Å². The van der Waals surface area contributed by atoms with E-state index < -0.39 is 0 Å². The minimum Gasteiger partial charge on any atom is -0.398 e. The van der Waals surface area contributed by atoms with Crippen LogP contribution < -0.4 is 5.73 Å². The van der Waals surface area contributed by atoms with Crippen molar-refractivity contribution in [2.24, 2.45) is 0 Å². The van der Waals surface area contributed by atoms with Gasteiger partial charge in [0.15, 0.2) is 0 Å². The van der Waals surface area contributed by atoms with Crippen LogP contribution in [0, 0.1) is 0 Å². The van der Waals surface area contributed by atoms with Gasteiger partial charge in [0.2, 0.25) is 0 Å². The molecular weight excluding hydrogens is 218 g/mol. The highest BCUT2D eigenvalue weighted by atomic mass is 35.5. The molecule has 0 aliphatic carbocycles. The van der Waals surface area contributed by atoms with E-state index in [0.29, 0.717) is 5.02 Å². The molecule has 78 valence electrons. The van der Waals surface area contributed by atoms with E-state index in [0.717, 1.165) is 29.2 Å². The van der Waals surface area contributed by atoms with Gasteiger partial charge in [0.1, 0.15) is 0 Å². The van der Waals surface area contributed by atoms with Crippen molar-refractivity contribution in [2.75, 3.05) is 18.1 Å². The number of halogens is 1. The molecule has 3 N–H and O–H groups in total. The van der Waals surface area contributed by atoms with Crippen molar-refractivity contribution >= 4 is 29.1 Å². The van der Waals surface area contributed by atoms with Crippen LogP contribution >= 0.6 is 23.4 Å².